The molecule has 0 bridgehead atoms. The number of hydrogen-bond acceptors (Lipinski definition) is 2. The SMILES string of the molecule is Cc1cc(C(C)(C)C)ccc1N(c1cccc(Cl)c1)c1cc(Cl)cc(N(c2ccc3c(c2)C(C)(C)CCC3(C)C)c2ccc3c(c2)C(C)(C)CCC3(C)C)c1. The summed E-state index contributed by atoms with van der Waals surface area (Å²) in [7, 11) is 0. The molecule has 0 spiro atoms. The van der Waals surface area contributed by atoms with Gasteiger partial charge in [-0.05, 0) is 160 Å². The standard InChI is InChI=1S/C51H60Cl2N2/c1-33-26-34(47(2,3)4)16-21-46(33)55(37-15-13-14-35(52)27-37)41-29-36(53)28-40(30-41)54(38-17-19-42-44(31-38)50(9,10)24-22-48(42,5)6)39-18-20-43-45(32-39)51(11,12)25-23-49(43,7)8/h13-21,26-32H,22-25H2,1-12H3. The Hall–Kier alpha value is -3.72. The fourth-order valence-electron chi connectivity index (χ4n) is 9.11. The van der Waals surface area contributed by atoms with Crippen molar-refractivity contribution in [3.63, 3.8) is 0 Å². The molecule has 7 rings (SSSR count). The Morgan fingerprint density at radius 1 is 0.455 bits per heavy atom. The van der Waals surface area contributed by atoms with Gasteiger partial charge in [0.2, 0.25) is 0 Å². The maximum Gasteiger partial charge on any atom is 0.0497 e. The molecular formula is C51H60Cl2N2. The van der Waals surface area contributed by atoms with Crippen molar-refractivity contribution >= 4 is 57.3 Å². The number of rotatable bonds is 6. The average molecular weight is 772 g/mol. The second kappa shape index (κ2) is 13.7. The Kier molecular flexibility index (Phi) is 9.87. The topological polar surface area (TPSA) is 6.48 Å². The number of nitrogens with zero attached hydrogens (tertiary/aromatic N) is 2. The van der Waals surface area contributed by atoms with Gasteiger partial charge in [0.25, 0.3) is 0 Å². The maximum absolute atomic E-state index is 7.26. The van der Waals surface area contributed by atoms with Crippen LogP contribution >= 0.6 is 23.2 Å². The molecule has 0 radical (unpaired) electrons. The van der Waals surface area contributed by atoms with Gasteiger partial charge in [-0.25, -0.2) is 0 Å². The first-order valence-corrected chi connectivity index (χ1v) is 20.9. The Morgan fingerprint density at radius 3 is 1.38 bits per heavy atom. The molecule has 0 amide bonds. The van der Waals surface area contributed by atoms with E-state index >= 15 is 0 Å². The van der Waals surface area contributed by atoms with Gasteiger partial charge in [-0.1, -0.05) is 130 Å². The van der Waals surface area contributed by atoms with E-state index in [9.17, 15) is 0 Å². The largest absolute Gasteiger partial charge is 0.310 e. The third-order valence-corrected chi connectivity index (χ3v) is 13.4. The van der Waals surface area contributed by atoms with Gasteiger partial charge < -0.3 is 9.80 Å². The lowest BCUT2D eigenvalue weighted by molar-refractivity contribution is 0.332. The zero-order valence-electron chi connectivity index (χ0n) is 35.2. The van der Waals surface area contributed by atoms with Crippen molar-refractivity contribution in [3.8, 4) is 0 Å². The van der Waals surface area contributed by atoms with E-state index in [0.717, 1.165) is 47.0 Å². The molecule has 2 aliphatic carbocycles. The van der Waals surface area contributed by atoms with Crippen molar-refractivity contribution in [2.45, 2.75) is 136 Å². The van der Waals surface area contributed by atoms with E-state index < -0.39 is 0 Å². The van der Waals surface area contributed by atoms with E-state index in [2.05, 4.69) is 172 Å². The van der Waals surface area contributed by atoms with Crippen LogP contribution in [0.3, 0.4) is 0 Å². The molecule has 2 nitrogen and oxygen atoms in total. The highest BCUT2D eigenvalue weighted by Crippen LogP contribution is 2.52. The minimum Gasteiger partial charge on any atom is -0.310 e. The first-order valence-electron chi connectivity index (χ1n) is 20.2. The summed E-state index contributed by atoms with van der Waals surface area (Å²) in [6.07, 6.45) is 4.67. The van der Waals surface area contributed by atoms with Gasteiger partial charge in [0, 0.05) is 44.2 Å². The van der Waals surface area contributed by atoms with Crippen LogP contribution in [0.2, 0.25) is 10.0 Å². The molecule has 2 aliphatic rings. The number of hydrogen-bond donors (Lipinski definition) is 0. The Labute approximate surface area is 341 Å². The second-order valence-electron chi connectivity index (χ2n) is 20.1. The van der Waals surface area contributed by atoms with Crippen molar-refractivity contribution < 1.29 is 0 Å². The third kappa shape index (κ3) is 7.47. The second-order valence-corrected chi connectivity index (χ2v) is 20.9. The van der Waals surface area contributed by atoms with E-state index in [-0.39, 0.29) is 27.1 Å². The summed E-state index contributed by atoms with van der Waals surface area (Å²) in [5.74, 6) is 0. The van der Waals surface area contributed by atoms with Gasteiger partial charge in [-0.3, -0.25) is 0 Å². The van der Waals surface area contributed by atoms with E-state index in [1.165, 1.54) is 46.2 Å². The molecule has 0 aromatic heterocycles. The lowest BCUT2D eigenvalue weighted by Crippen LogP contribution is -2.34. The van der Waals surface area contributed by atoms with Crippen LogP contribution < -0.4 is 9.80 Å². The zero-order valence-corrected chi connectivity index (χ0v) is 36.7. The molecule has 5 aromatic carbocycles. The summed E-state index contributed by atoms with van der Waals surface area (Å²) >= 11 is 14.0. The van der Waals surface area contributed by atoms with Crippen LogP contribution in [0.25, 0.3) is 0 Å². The van der Waals surface area contributed by atoms with Gasteiger partial charge >= 0.3 is 0 Å². The number of halogens is 2. The molecular weight excluding hydrogens is 711 g/mol. The molecule has 5 aromatic rings. The van der Waals surface area contributed by atoms with Crippen molar-refractivity contribution in [2.75, 3.05) is 9.80 Å². The summed E-state index contributed by atoms with van der Waals surface area (Å²) in [5, 5.41) is 1.36. The minimum absolute atomic E-state index is 0.0329. The molecule has 0 aliphatic heterocycles. The fraction of sp³-hybridized carbons (Fsp3) is 0.412. The molecule has 0 saturated carbocycles. The molecule has 0 unspecified atom stereocenters. The van der Waals surface area contributed by atoms with Crippen LogP contribution in [-0.2, 0) is 27.1 Å². The Morgan fingerprint density at radius 2 is 0.909 bits per heavy atom. The molecule has 0 fully saturated rings. The van der Waals surface area contributed by atoms with Gasteiger partial charge in [0.15, 0.2) is 0 Å². The van der Waals surface area contributed by atoms with E-state index in [1.807, 2.05) is 18.2 Å². The summed E-state index contributed by atoms with van der Waals surface area (Å²) in [6.45, 7) is 28.2. The van der Waals surface area contributed by atoms with E-state index in [1.54, 1.807) is 0 Å². The molecule has 55 heavy (non-hydrogen) atoms. The third-order valence-electron chi connectivity index (χ3n) is 12.9. The summed E-state index contributed by atoms with van der Waals surface area (Å²) < 4.78 is 0. The van der Waals surface area contributed by atoms with Crippen molar-refractivity contribution in [2.24, 2.45) is 0 Å². The Bertz CT molecular complexity index is 2190. The van der Waals surface area contributed by atoms with Crippen molar-refractivity contribution in [3.05, 3.63) is 140 Å². The fourth-order valence-corrected chi connectivity index (χ4v) is 9.52. The lowest BCUT2D eigenvalue weighted by atomic mass is 9.63. The van der Waals surface area contributed by atoms with Crippen LogP contribution in [-0.4, -0.2) is 0 Å². The van der Waals surface area contributed by atoms with Crippen LogP contribution in [0.1, 0.15) is 135 Å². The number of anilines is 6. The minimum atomic E-state index is 0.0329. The van der Waals surface area contributed by atoms with Gasteiger partial charge in [0.05, 0.1) is 0 Å². The molecule has 0 saturated heterocycles. The number of aryl methyl sites for hydroxylation is 1. The van der Waals surface area contributed by atoms with E-state index in [0.29, 0.717) is 10.0 Å². The normalized spacial score (nSPS) is 17.9. The molecule has 0 atom stereocenters. The molecule has 4 heteroatoms. The summed E-state index contributed by atoms with van der Waals surface area (Å²) in [4.78, 5) is 4.75. The zero-order chi connectivity index (χ0) is 39.9. The van der Waals surface area contributed by atoms with Crippen LogP contribution in [0.5, 0.6) is 0 Å². The lowest BCUT2D eigenvalue weighted by Gasteiger charge is -2.43. The Balaban J connectivity index is 1.48. The smallest absolute Gasteiger partial charge is 0.0497 e. The van der Waals surface area contributed by atoms with Crippen LogP contribution in [0.4, 0.5) is 34.1 Å². The summed E-state index contributed by atoms with van der Waals surface area (Å²) in [5.41, 5.74) is 15.0. The molecule has 288 valence electrons. The number of fused-ring (bicyclic) bond motifs is 2. The van der Waals surface area contributed by atoms with Crippen LogP contribution in [0.15, 0.2) is 97.1 Å². The van der Waals surface area contributed by atoms with Crippen LogP contribution in [0, 0.1) is 6.92 Å². The molecule has 0 heterocycles. The quantitative estimate of drug-likeness (QED) is 0.170. The van der Waals surface area contributed by atoms with Crippen molar-refractivity contribution in [1.29, 1.82) is 0 Å². The highest BCUT2D eigenvalue weighted by Gasteiger charge is 2.39. The highest BCUT2D eigenvalue weighted by molar-refractivity contribution is 6.31. The maximum atomic E-state index is 7.26. The van der Waals surface area contributed by atoms with Gasteiger partial charge in [-0.15, -0.1) is 0 Å². The predicted octanol–water partition coefficient (Wildman–Crippen LogP) is 16.2. The van der Waals surface area contributed by atoms with E-state index in [4.69, 9.17) is 23.2 Å². The first-order chi connectivity index (χ1) is 25.6. The average Bonchev–Trinajstić information content (AvgIpc) is 3.09. The molecule has 0 N–H and O–H groups in total. The first kappa shape index (κ1) is 39.5. The number of benzene rings is 5. The van der Waals surface area contributed by atoms with Gasteiger partial charge in [0.1, 0.15) is 0 Å². The van der Waals surface area contributed by atoms with Gasteiger partial charge in [-0.2, -0.15) is 0 Å². The summed E-state index contributed by atoms with van der Waals surface area (Å²) in [6, 6.07) is 35.8. The van der Waals surface area contributed by atoms with Crippen molar-refractivity contribution in [1.82, 2.24) is 0 Å². The predicted molar refractivity (Wildman–Crippen MR) is 240 cm³/mol. The highest BCUT2D eigenvalue weighted by atomic mass is 35.5. The monoisotopic (exact) mass is 770 g/mol.